The summed E-state index contributed by atoms with van der Waals surface area (Å²) in [6.07, 6.45) is 5.26. The average Bonchev–Trinajstić information content (AvgIpc) is 2.89. The van der Waals surface area contributed by atoms with Crippen LogP contribution in [0.25, 0.3) is 0 Å². The molecule has 0 saturated heterocycles. The van der Waals surface area contributed by atoms with E-state index in [0.717, 1.165) is 42.6 Å². The van der Waals surface area contributed by atoms with Gasteiger partial charge in [-0.15, -0.1) is 0 Å². The van der Waals surface area contributed by atoms with Gasteiger partial charge in [0, 0.05) is 12.5 Å². The van der Waals surface area contributed by atoms with Crippen LogP contribution in [0.4, 0.5) is 0 Å². The van der Waals surface area contributed by atoms with E-state index in [-0.39, 0.29) is 6.04 Å². The molecule has 3 saturated carbocycles. The van der Waals surface area contributed by atoms with Crippen LogP contribution in [0.15, 0.2) is 4.52 Å². The average molecular weight is 277 g/mol. The van der Waals surface area contributed by atoms with Crippen molar-refractivity contribution in [3.8, 4) is 0 Å². The quantitative estimate of drug-likeness (QED) is 0.807. The largest absolute Gasteiger partial charge is 0.379 e. The van der Waals surface area contributed by atoms with E-state index < -0.39 is 0 Å². The molecular weight excluding hydrogens is 254 g/mol. The first kappa shape index (κ1) is 12.8. The smallest absolute Gasteiger partial charge is 0.230 e. The third-order valence-corrected chi connectivity index (χ3v) is 5.46. The van der Waals surface area contributed by atoms with Gasteiger partial charge in [0.1, 0.15) is 0 Å². The molecule has 1 aromatic heterocycles. The molecule has 0 spiro atoms. The molecule has 20 heavy (non-hydrogen) atoms. The molecule has 0 aromatic carbocycles. The van der Waals surface area contributed by atoms with Gasteiger partial charge in [0.05, 0.1) is 12.6 Å². The number of hydrogen-bond donors (Lipinski definition) is 1. The summed E-state index contributed by atoms with van der Waals surface area (Å²) in [6.45, 7) is 3.28. The first-order valence-corrected chi connectivity index (χ1v) is 7.96. The molecule has 0 radical (unpaired) electrons. The highest BCUT2D eigenvalue weighted by molar-refractivity contribution is 5.23. The van der Waals surface area contributed by atoms with Crippen LogP contribution in [-0.4, -0.2) is 23.4 Å². The molecule has 2 N–H and O–H groups in total. The number of nitrogens with zero attached hydrogens (tertiary/aromatic N) is 2. The standard InChI is InChI=1S/C15H23N3O2/c1-2-5-19-7-10(16)14-17-15(20-18-14)13-11-8-3-4-9(6-8)12(11)13/h8-13H,2-7,16H2,1H3. The lowest BCUT2D eigenvalue weighted by atomic mass is 10.0. The molecular formula is C15H23N3O2. The van der Waals surface area contributed by atoms with Crippen molar-refractivity contribution in [2.45, 2.75) is 44.6 Å². The highest BCUT2D eigenvalue weighted by Crippen LogP contribution is 2.72. The Morgan fingerprint density at radius 3 is 2.80 bits per heavy atom. The number of nitrogens with two attached hydrogens (primary N) is 1. The van der Waals surface area contributed by atoms with Crippen molar-refractivity contribution in [2.75, 3.05) is 13.2 Å². The highest BCUT2D eigenvalue weighted by atomic mass is 16.5. The maximum Gasteiger partial charge on any atom is 0.230 e. The minimum absolute atomic E-state index is 0.269. The van der Waals surface area contributed by atoms with E-state index in [9.17, 15) is 0 Å². The summed E-state index contributed by atoms with van der Waals surface area (Å²) in [7, 11) is 0. The molecule has 2 bridgehead atoms. The Morgan fingerprint density at radius 1 is 1.35 bits per heavy atom. The van der Waals surface area contributed by atoms with E-state index in [0.29, 0.717) is 18.3 Å². The van der Waals surface area contributed by atoms with Crippen LogP contribution >= 0.6 is 0 Å². The van der Waals surface area contributed by atoms with Gasteiger partial charge < -0.3 is 15.0 Å². The second-order valence-electron chi connectivity index (χ2n) is 6.69. The summed E-state index contributed by atoms with van der Waals surface area (Å²) in [5, 5.41) is 4.06. The molecule has 5 nitrogen and oxygen atoms in total. The monoisotopic (exact) mass is 277 g/mol. The molecule has 3 aliphatic carbocycles. The number of ether oxygens (including phenoxy) is 1. The number of hydrogen-bond acceptors (Lipinski definition) is 5. The minimum Gasteiger partial charge on any atom is -0.379 e. The second-order valence-corrected chi connectivity index (χ2v) is 6.69. The van der Waals surface area contributed by atoms with Gasteiger partial charge in [-0.3, -0.25) is 0 Å². The Balaban J connectivity index is 1.39. The van der Waals surface area contributed by atoms with Gasteiger partial charge in [0.2, 0.25) is 5.89 Å². The van der Waals surface area contributed by atoms with Crippen molar-refractivity contribution < 1.29 is 9.26 Å². The van der Waals surface area contributed by atoms with E-state index in [4.69, 9.17) is 15.0 Å². The third-order valence-electron chi connectivity index (χ3n) is 5.46. The number of aromatic nitrogens is 2. The Hall–Kier alpha value is -0.940. The van der Waals surface area contributed by atoms with Gasteiger partial charge in [-0.05, 0) is 49.4 Å². The van der Waals surface area contributed by atoms with Crippen LogP contribution in [0.2, 0.25) is 0 Å². The minimum atomic E-state index is -0.269. The van der Waals surface area contributed by atoms with E-state index in [1.54, 1.807) is 0 Å². The normalized spacial score (nSPS) is 39.0. The van der Waals surface area contributed by atoms with Crippen LogP contribution in [-0.2, 0) is 4.74 Å². The maximum atomic E-state index is 6.04. The summed E-state index contributed by atoms with van der Waals surface area (Å²) >= 11 is 0. The molecule has 3 fully saturated rings. The topological polar surface area (TPSA) is 74.2 Å². The van der Waals surface area contributed by atoms with Crippen LogP contribution in [0.1, 0.15) is 56.3 Å². The zero-order valence-electron chi connectivity index (χ0n) is 12.0. The third kappa shape index (κ3) is 1.91. The summed E-state index contributed by atoms with van der Waals surface area (Å²) in [5.41, 5.74) is 6.04. The van der Waals surface area contributed by atoms with Crippen molar-refractivity contribution in [2.24, 2.45) is 29.4 Å². The zero-order valence-corrected chi connectivity index (χ0v) is 12.0. The zero-order chi connectivity index (χ0) is 13.7. The van der Waals surface area contributed by atoms with Crippen molar-refractivity contribution in [3.63, 3.8) is 0 Å². The molecule has 4 rings (SSSR count). The van der Waals surface area contributed by atoms with Crippen molar-refractivity contribution >= 4 is 0 Å². The van der Waals surface area contributed by atoms with Crippen molar-refractivity contribution in [1.82, 2.24) is 10.1 Å². The molecule has 5 unspecified atom stereocenters. The Labute approximate surface area is 119 Å². The lowest BCUT2D eigenvalue weighted by Crippen LogP contribution is -2.19. The fourth-order valence-electron chi connectivity index (χ4n) is 4.62. The summed E-state index contributed by atoms with van der Waals surface area (Å²) in [5.74, 6) is 5.47. The molecule has 0 aliphatic heterocycles. The summed E-state index contributed by atoms with van der Waals surface area (Å²) < 4.78 is 10.9. The second kappa shape index (κ2) is 4.81. The van der Waals surface area contributed by atoms with Gasteiger partial charge in [-0.25, -0.2) is 0 Å². The molecule has 110 valence electrons. The highest BCUT2D eigenvalue weighted by Gasteiger charge is 2.67. The maximum absolute atomic E-state index is 6.04. The Bertz CT molecular complexity index is 473. The summed E-state index contributed by atoms with van der Waals surface area (Å²) in [6, 6.07) is -0.269. The van der Waals surface area contributed by atoms with Crippen LogP contribution in [0.5, 0.6) is 0 Å². The van der Waals surface area contributed by atoms with Crippen LogP contribution in [0, 0.1) is 23.7 Å². The molecule has 3 aliphatic rings. The van der Waals surface area contributed by atoms with Gasteiger partial charge in [0.15, 0.2) is 5.82 Å². The predicted octanol–water partition coefficient (Wildman–Crippen LogP) is 2.26. The van der Waals surface area contributed by atoms with E-state index in [1.807, 2.05) is 0 Å². The molecule has 0 amide bonds. The molecule has 5 heteroatoms. The lowest BCUT2D eigenvalue weighted by molar-refractivity contribution is 0.119. The van der Waals surface area contributed by atoms with Gasteiger partial charge >= 0.3 is 0 Å². The van der Waals surface area contributed by atoms with E-state index in [2.05, 4.69) is 17.1 Å². The van der Waals surface area contributed by atoms with Crippen molar-refractivity contribution in [3.05, 3.63) is 11.7 Å². The van der Waals surface area contributed by atoms with Crippen molar-refractivity contribution in [1.29, 1.82) is 0 Å². The SMILES string of the molecule is CCCOCC(N)c1noc(C2C3C4CCC(C4)C23)n1. The molecule has 1 aromatic rings. The fraction of sp³-hybridized carbons (Fsp3) is 0.867. The summed E-state index contributed by atoms with van der Waals surface area (Å²) in [4.78, 5) is 4.55. The van der Waals surface area contributed by atoms with Gasteiger partial charge in [0.25, 0.3) is 0 Å². The number of rotatable bonds is 6. The lowest BCUT2D eigenvalue weighted by Gasteiger charge is -2.07. The van der Waals surface area contributed by atoms with E-state index >= 15 is 0 Å². The predicted molar refractivity (Wildman–Crippen MR) is 72.9 cm³/mol. The first-order chi connectivity index (χ1) is 9.79. The van der Waals surface area contributed by atoms with E-state index in [1.165, 1.54) is 19.3 Å². The molecule has 5 atom stereocenters. The Kier molecular flexibility index (Phi) is 3.07. The van der Waals surface area contributed by atoms with Crippen LogP contribution in [0.3, 0.4) is 0 Å². The van der Waals surface area contributed by atoms with Gasteiger partial charge in [-0.1, -0.05) is 12.1 Å². The Morgan fingerprint density at radius 2 is 2.10 bits per heavy atom. The first-order valence-electron chi connectivity index (χ1n) is 7.96. The fourth-order valence-corrected chi connectivity index (χ4v) is 4.62. The molecule has 1 heterocycles. The van der Waals surface area contributed by atoms with Gasteiger partial charge in [-0.2, -0.15) is 4.98 Å². The van der Waals surface area contributed by atoms with Crippen LogP contribution < -0.4 is 5.73 Å². The number of fused-ring (bicyclic) bond motifs is 5.